The van der Waals surface area contributed by atoms with Crippen molar-refractivity contribution in [2.24, 2.45) is 0 Å². The molecule has 3 heteroatoms. The van der Waals surface area contributed by atoms with Crippen molar-refractivity contribution in [1.82, 2.24) is 0 Å². The van der Waals surface area contributed by atoms with Crippen molar-refractivity contribution < 1.29 is 14.6 Å². The van der Waals surface area contributed by atoms with Gasteiger partial charge in [-0.25, -0.2) is 4.79 Å². The molecular formula is C8H16O3. The van der Waals surface area contributed by atoms with Gasteiger partial charge in [0.25, 0.3) is 0 Å². The highest BCUT2D eigenvalue weighted by Gasteiger charge is 2.08. The van der Waals surface area contributed by atoms with E-state index >= 15 is 0 Å². The minimum Gasteiger partial charge on any atom is -0.464 e. The minimum absolute atomic E-state index is 0.428. The summed E-state index contributed by atoms with van der Waals surface area (Å²) in [4.78, 5) is 10.6. The largest absolute Gasteiger partial charge is 0.464 e. The van der Waals surface area contributed by atoms with Gasteiger partial charge in [-0.15, -0.1) is 0 Å². The topological polar surface area (TPSA) is 46.5 Å². The number of hydrogen-bond acceptors (Lipinski definition) is 3. The number of carbonyl (C=O) groups excluding carboxylic acids is 1. The first kappa shape index (κ1) is 10.4. The zero-order valence-electron chi connectivity index (χ0n) is 7.17. The summed E-state index contributed by atoms with van der Waals surface area (Å²) in [7, 11) is 0. The quantitative estimate of drug-likeness (QED) is 0.484. The van der Waals surface area contributed by atoms with Crippen LogP contribution in [0.3, 0.4) is 0 Å². The van der Waals surface area contributed by atoms with E-state index in [9.17, 15) is 4.79 Å². The van der Waals surface area contributed by atoms with Gasteiger partial charge in [-0.3, -0.25) is 0 Å². The number of aliphatic hydroxyl groups excluding tert-OH is 1. The van der Waals surface area contributed by atoms with Gasteiger partial charge < -0.3 is 9.84 Å². The molecular weight excluding hydrogens is 144 g/mol. The van der Waals surface area contributed by atoms with Crippen LogP contribution in [-0.4, -0.2) is 23.8 Å². The van der Waals surface area contributed by atoms with Crippen molar-refractivity contribution in [3.05, 3.63) is 0 Å². The molecule has 3 nitrogen and oxygen atoms in total. The summed E-state index contributed by atoms with van der Waals surface area (Å²) in [5.74, 6) is -0.527. The molecule has 0 aliphatic carbocycles. The van der Waals surface area contributed by atoms with Gasteiger partial charge in [0.1, 0.15) is 6.10 Å². The van der Waals surface area contributed by atoms with E-state index in [-0.39, 0.29) is 0 Å². The summed E-state index contributed by atoms with van der Waals surface area (Å²) < 4.78 is 4.72. The highest BCUT2D eigenvalue weighted by Crippen LogP contribution is 1.95. The van der Waals surface area contributed by atoms with Crippen molar-refractivity contribution >= 4 is 5.97 Å². The molecule has 0 amide bonds. The van der Waals surface area contributed by atoms with Crippen LogP contribution < -0.4 is 0 Å². The maximum atomic E-state index is 10.6. The Hall–Kier alpha value is -0.570. The number of ether oxygens (including phenoxy) is 1. The van der Waals surface area contributed by atoms with E-state index < -0.39 is 12.1 Å². The standard InChI is InChI=1S/C8H16O3/c1-3-4-5-6-11-8(10)7(2)9/h7,9H,3-6H2,1-2H3/t7-/m1/s1. The Bertz CT molecular complexity index is 110. The zero-order valence-corrected chi connectivity index (χ0v) is 7.17. The fourth-order valence-electron chi connectivity index (χ4n) is 0.645. The molecule has 0 aromatic heterocycles. The Morgan fingerprint density at radius 3 is 2.64 bits per heavy atom. The third-order valence-corrected chi connectivity index (χ3v) is 1.33. The lowest BCUT2D eigenvalue weighted by molar-refractivity contribution is -0.152. The van der Waals surface area contributed by atoms with Gasteiger partial charge in [0.15, 0.2) is 0 Å². The average Bonchev–Trinajstić information content (AvgIpc) is 1.97. The first-order valence-electron chi connectivity index (χ1n) is 4.03. The summed E-state index contributed by atoms with van der Waals surface area (Å²) >= 11 is 0. The molecule has 0 bridgehead atoms. The van der Waals surface area contributed by atoms with Crippen molar-refractivity contribution in [2.45, 2.75) is 39.2 Å². The average molecular weight is 160 g/mol. The van der Waals surface area contributed by atoms with Gasteiger partial charge in [-0.05, 0) is 13.3 Å². The molecule has 0 aromatic rings. The van der Waals surface area contributed by atoms with Gasteiger partial charge in [0.2, 0.25) is 0 Å². The molecule has 1 atom stereocenters. The van der Waals surface area contributed by atoms with E-state index in [0.717, 1.165) is 19.3 Å². The Balaban J connectivity index is 3.18. The van der Waals surface area contributed by atoms with Gasteiger partial charge in [-0.1, -0.05) is 19.8 Å². The van der Waals surface area contributed by atoms with Crippen LogP contribution in [0.4, 0.5) is 0 Å². The lowest BCUT2D eigenvalue weighted by atomic mass is 10.3. The van der Waals surface area contributed by atoms with E-state index in [2.05, 4.69) is 6.92 Å². The predicted molar refractivity (Wildman–Crippen MR) is 42.2 cm³/mol. The monoisotopic (exact) mass is 160 g/mol. The van der Waals surface area contributed by atoms with E-state index in [0.29, 0.717) is 6.61 Å². The number of hydrogen-bond donors (Lipinski definition) is 1. The van der Waals surface area contributed by atoms with E-state index in [1.54, 1.807) is 0 Å². The van der Waals surface area contributed by atoms with Crippen molar-refractivity contribution in [3.63, 3.8) is 0 Å². The third kappa shape index (κ3) is 5.85. The fourth-order valence-corrected chi connectivity index (χ4v) is 0.645. The lowest BCUT2D eigenvalue weighted by Crippen LogP contribution is -2.19. The molecule has 0 fully saturated rings. The molecule has 0 saturated carbocycles. The van der Waals surface area contributed by atoms with Crippen LogP contribution >= 0.6 is 0 Å². The highest BCUT2D eigenvalue weighted by molar-refractivity contribution is 5.73. The van der Waals surface area contributed by atoms with Gasteiger partial charge in [0, 0.05) is 0 Å². The Labute approximate surface area is 67.4 Å². The van der Waals surface area contributed by atoms with Gasteiger partial charge in [0.05, 0.1) is 6.61 Å². The Morgan fingerprint density at radius 2 is 2.18 bits per heavy atom. The molecule has 1 N–H and O–H groups in total. The summed E-state index contributed by atoms with van der Waals surface area (Å²) in [5.41, 5.74) is 0. The molecule has 0 unspecified atom stereocenters. The number of carbonyl (C=O) groups is 1. The van der Waals surface area contributed by atoms with Gasteiger partial charge >= 0.3 is 5.97 Å². The molecule has 0 spiro atoms. The second-order valence-corrected chi connectivity index (χ2v) is 2.55. The van der Waals surface area contributed by atoms with Crippen molar-refractivity contribution in [2.75, 3.05) is 6.61 Å². The van der Waals surface area contributed by atoms with Crippen LogP contribution in [0.2, 0.25) is 0 Å². The van der Waals surface area contributed by atoms with Crippen LogP contribution in [0.25, 0.3) is 0 Å². The van der Waals surface area contributed by atoms with Crippen LogP contribution in [0.15, 0.2) is 0 Å². The zero-order chi connectivity index (χ0) is 8.69. The van der Waals surface area contributed by atoms with Crippen LogP contribution in [0.1, 0.15) is 33.1 Å². The molecule has 0 saturated heterocycles. The number of esters is 1. The summed E-state index contributed by atoms with van der Waals surface area (Å²) in [6.07, 6.45) is 2.06. The van der Waals surface area contributed by atoms with Gasteiger partial charge in [-0.2, -0.15) is 0 Å². The Morgan fingerprint density at radius 1 is 1.55 bits per heavy atom. The summed E-state index contributed by atoms with van der Waals surface area (Å²) in [6, 6.07) is 0. The van der Waals surface area contributed by atoms with Crippen molar-refractivity contribution in [1.29, 1.82) is 0 Å². The number of rotatable bonds is 5. The first-order valence-corrected chi connectivity index (χ1v) is 4.03. The van der Waals surface area contributed by atoms with Crippen LogP contribution in [0, 0.1) is 0 Å². The molecule has 0 rings (SSSR count). The molecule has 0 aliphatic rings. The third-order valence-electron chi connectivity index (χ3n) is 1.33. The van der Waals surface area contributed by atoms with E-state index in [1.165, 1.54) is 6.92 Å². The van der Waals surface area contributed by atoms with Crippen LogP contribution in [-0.2, 0) is 9.53 Å². The molecule has 0 heterocycles. The maximum Gasteiger partial charge on any atom is 0.334 e. The smallest absolute Gasteiger partial charge is 0.334 e. The lowest BCUT2D eigenvalue weighted by Gasteiger charge is -2.04. The molecule has 0 aliphatic heterocycles. The minimum atomic E-state index is -0.989. The van der Waals surface area contributed by atoms with E-state index in [4.69, 9.17) is 9.84 Å². The highest BCUT2D eigenvalue weighted by atomic mass is 16.5. The Kier molecular flexibility index (Phi) is 5.84. The fraction of sp³-hybridized carbons (Fsp3) is 0.875. The predicted octanol–water partition coefficient (Wildman–Crippen LogP) is 1.10. The molecule has 0 radical (unpaired) electrons. The summed E-state index contributed by atoms with van der Waals surface area (Å²) in [5, 5.41) is 8.70. The number of aliphatic hydroxyl groups is 1. The second kappa shape index (κ2) is 6.16. The van der Waals surface area contributed by atoms with E-state index in [1.807, 2.05) is 0 Å². The van der Waals surface area contributed by atoms with Crippen molar-refractivity contribution in [3.8, 4) is 0 Å². The molecule has 11 heavy (non-hydrogen) atoms. The maximum absolute atomic E-state index is 10.6. The van der Waals surface area contributed by atoms with Crippen LogP contribution in [0.5, 0.6) is 0 Å². The molecule has 66 valence electrons. The molecule has 0 aromatic carbocycles. The first-order chi connectivity index (χ1) is 5.18. The summed E-state index contributed by atoms with van der Waals surface area (Å²) in [6.45, 7) is 3.91. The SMILES string of the molecule is CCCCCOC(=O)[C@@H](C)O. The second-order valence-electron chi connectivity index (χ2n) is 2.55. The number of unbranched alkanes of at least 4 members (excludes halogenated alkanes) is 2. The normalized spacial score (nSPS) is 12.6.